The Morgan fingerprint density at radius 1 is 1.03 bits per heavy atom. The highest BCUT2D eigenvalue weighted by atomic mass is 32.2. The van der Waals surface area contributed by atoms with E-state index in [-0.39, 0.29) is 5.91 Å². The van der Waals surface area contributed by atoms with Crippen LogP contribution >= 0.6 is 0 Å². The number of fused-ring (bicyclic) bond motifs is 1. The molecule has 0 bridgehead atoms. The molecule has 5 rings (SSSR count). The summed E-state index contributed by atoms with van der Waals surface area (Å²) in [5, 5.41) is 0.757. The number of amides is 2. The second-order valence-corrected chi connectivity index (χ2v) is 9.37. The van der Waals surface area contributed by atoms with Gasteiger partial charge in [-0.3, -0.25) is 23.3 Å². The number of nitrogens with two attached hydrogens (primary N) is 1. The molecule has 3 aromatic heterocycles. The number of rotatable bonds is 5. The lowest BCUT2D eigenvalue weighted by molar-refractivity contribution is 0.0303. The van der Waals surface area contributed by atoms with Crippen LogP contribution in [0.1, 0.15) is 20.7 Å². The lowest BCUT2D eigenvalue weighted by Crippen LogP contribution is -2.40. The van der Waals surface area contributed by atoms with Crippen LogP contribution in [-0.2, 0) is 15.5 Å². The van der Waals surface area contributed by atoms with E-state index in [1.807, 2.05) is 6.07 Å². The van der Waals surface area contributed by atoms with Crippen LogP contribution in [-0.4, -0.2) is 73.0 Å². The summed E-state index contributed by atoms with van der Waals surface area (Å²) in [5.74, 6) is -0.288. The van der Waals surface area contributed by atoms with Crippen molar-refractivity contribution in [3.05, 3.63) is 66.2 Å². The predicted molar refractivity (Wildman–Crippen MR) is 130 cm³/mol. The molecule has 1 aliphatic rings. The fourth-order valence-corrected chi connectivity index (χ4v) is 4.73. The predicted octanol–water partition coefficient (Wildman–Crippen LogP) is 1.79. The van der Waals surface area contributed by atoms with Crippen LogP contribution in [0.25, 0.3) is 28.1 Å². The van der Waals surface area contributed by atoms with Gasteiger partial charge in [0.1, 0.15) is 0 Å². The van der Waals surface area contributed by atoms with Gasteiger partial charge in [0.15, 0.2) is 0 Å². The molecule has 1 aliphatic heterocycles. The Labute approximate surface area is 203 Å². The Hall–Kier alpha value is -3.96. The van der Waals surface area contributed by atoms with Crippen molar-refractivity contribution in [1.82, 2.24) is 24.4 Å². The summed E-state index contributed by atoms with van der Waals surface area (Å²) in [6.07, 6.45) is 8.01. The number of morpholine rings is 1. The molecule has 1 saturated heterocycles. The third-order valence-electron chi connectivity index (χ3n) is 5.82. The van der Waals surface area contributed by atoms with Crippen LogP contribution in [0.5, 0.6) is 0 Å². The quantitative estimate of drug-likeness (QED) is 0.451. The molecule has 1 aromatic carbocycles. The van der Waals surface area contributed by atoms with Crippen LogP contribution in [0, 0.1) is 0 Å². The average Bonchev–Trinajstić information content (AvgIpc) is 3.28. The third-order valence-corrected chi connectivity index (χ3v) is 6.76. The molecule has 0 saturated carbocycles. The van der Waals surface area contributed by atoms with E-state index in [9.17, 15) is 13.8 Å². The number of benzene rings is 1. The molecular formula is C24H22N6O4S. The average molecular weight is 491 g/mol. The van der Waals surface area contributed by atoms with Crippen molar-refractivity contribution in [2.24, 2.45) is 5.73 Å². The summed E-state index contributed by atoms with van der Waals surface area (Å²) in [7, 11) is -1.26. The molecule has 0 spiro atoms. The van der Waals surface area contributed by atoms with Crippen LogP contribution < -0.4 is 5.73 Å². The first-order valence-corrected chi connectivity index (χ1v) is 12.4. The molecule has 1 unspecified atom stereocenters. The van der Waals surface area contributed by atoms with Gasteiger partial charge in [0.2, 0.25) is 11.9 Å². The SMILES string of the molecule is CS(=O)c1cn(-c2ncc(-c3cc(C(N)=O)ccn3)cn2)c2cc(C(=O)N3CCOCC3)ccc12. The molecule has 4 heterocycles. The van der Waals surface area contributed by atoms with Crippen molar-refractivity contribution in [3.8, 4) is 17.2 Å². The molecule has 1 fully saturated rings. The first kappa shape index (κ1) is 22.8. The molecule has 4 aromatic rings. The molecule has 178 valence electrons. The van der Waals surface area contributed by atoms with Gasteiger partial charge in [0.05, 0.1) is 40.1 Å². The maximum atomic E-state index is 13.0. The second kappa shape index (κ2) is 9.35. The number of carbonyl (C=O) groups is 2. The number of carbonyl (C=O) groups excluding carboxylic acids is 2. The standard InChI is InChI=1S/C24H22N6O4S/c1-35(33)21-14-30(20-11-16(2-3-18(20)21)23(32)29-6-8-34-9-7-29)24-27-12-17(13-28-24)19-10-15(22(25)31)4-5-26-19/h2-5,10-14H,6-9H2,1H3,(H2,25,31). The number of hydrogen-bond acceptors (Lipinski definition) is 7. The number of primary amides is 1. The van der Waals surface area contributed by atoms with E-state index in [4.69, 9.17) is 10.5 Å². The highest BCUT2D eigenvalue weighted by Crippen LogP contribution is 2.28. The van der Waals surface area contributed by atoms with Gasteiger partial charge in [-0.05, 0) is 24.3 Å². The lowest BCUT2D eigenvalue weighted by atomic mass is 10.1. The van der Waals surface area contributed by atoms with Gasteiger partial charge in [-0.1, -0.05) is 6.07 Å². The zero-order chi connectivity index (χ0) is 24.5. The minimum absolute atomic E-state index is 0.0844. The zero-order valence-corrected chi connectivity index (χ0v) is 19.7. The summed E-state index contributed by atoms with van der Waals surface area (Å²) >= 11 is 0. The summed E-state index contributed by atoms with van der Waals surface area (Å²) < 4.78 is 19.5. The van der Waals surface area contributed by atoms with Gasteiger partial charge in [-0.2, -0.15) is 0 Å². The van der Waals surface area contributed by atoms with Gasteiger partial charge in [0, 0.05) is 66.2 Å². The van der Waals surface area contributed by atoms with Gasteiger partial charge < -0.3 is 15.4 Å². The zero-order valence-electron chi connectivity index (χ0n) is 18.9. The van der Waals surface area contributed by atoms with E-state index in [0.717, 1.165) is 5.39 Å². The monoisotopic (exact) mass is 490 g/mol. The number of pyridine rings is 1. The normalized spacial score (nSPS) is 14.7. The van der Waals surface area contributed by atoms with Gasteiger partial charge in [0.25, 0.3) is 5.91 Å². The molecule has 1 atom stereocenters. The minimum atomic E-state index is -1.26. The molecule has 0 radical (unpaired) electrons. The first-order chi connectivity index (χ1) is 16.9. The first-order valence-electron chi connectivity index (χ1n) is 10.9. The highest BCUT2D eigenvalue weighted by molar-refractivity contribution is 7.84. The van der Waals surface area contributed by atoms with E-state index in [0.29, 0.717) is 65.0 Å². The van der Waals surface area contributed by atoms with E-state index in [1.165, 1.54) is 12.3 Å². The maximum Gasteiger partial charge on any atom is 0.254 e. The van der Waals surface area contributed by atoms with Gasteiger partial charge >= 0.3 is 0 Å². The van der Waals surface area contributed by atoms with Crippen molar-refractivity contribution < 1.29 is 18.5 Å². The van der Waals surface area contributed by atoms with Crippen molar-refractivity contribution in [2.45, 2.75) is 4.90 Å². The summed E-state index contributed by atoms with van der Waals surface area (Å²) in [5.41, 5.74) is 8.02. The second-order valence-electron chi connectivity index (χ2n) is 8.02. The van der Waals surface area contributed by atoms with E-state index in [2.05, 4.69) is 15.0 Å². The van der Waals surface area contributed by atoms with E-state index in [1.54, 1.807) is 52.5 Å². The van der Waals surface area contributed by atoms with Crippen molar-refractivity contribution in [2.75, 3.05) is 32.6 Å². The molecule has 35 heavy (non-hydrogen) atoms. The summed E-state index contributed by atoms with van der Waals surface area (Å²) in [6, 6.07) is 8.45. The Kier molecular flexibility index (Phi) is 6.10. The number of hydrogen-bond donors (Lipinski definition) is 1. The van der Waals surface area contributed by atoms with E-state index < -0.39 is 16.7 Å². The topological polar surface area (TPSA) is 133 Å². The van der Waals surface area contributed by atoms with Crippen LogP contribution in [0.15, 0.2) is 60.0 Å². The summed E-state index contributed by atoms with van der Waals surface area (Å²) in [4.78, 5) is 40.1. The van der Waals surface area contributed by atoms with Crippen molar-refractivity contribution in [1.29, 1.82) is 0 Å². The number of nitrogens with zero attached hydrogens (tertiary/aromatic N) is 5. The Bertz CT molecular complexity index is 1460. The van der Waals surface area contributed by atoms with Crippen molar-refractivity contribution in [3.63, 3.8) is 0 Å². The van der Waals surface area contributed by atoms with E-state index >= 15 is 0 Å². The third kappa shape index (κ3) is 4.43. The van der Waals surface area contributed by atoms with Gasteiger partial charge in [-0.25, -0.2) is 9.97 Å². The smallest absolute Gasteiger partial charge is 0.254 e. The molecule has 2 amide bonds. The van der Waals surface area contributed by atoms with Crippen LogP contribution in [0.3, 0.4) is 0 Å². The highest BCUT2D eigenvalue weighted by Gasteiger charge is 2.21. The van der Waals surface area contributed by atoms with Gasteiger partial charge in [-0.15, -0.1) is 0 Å². The molecular weight excluding hydrogens is 468 g/mol. The minimum Gasteiger partial charge on any atom is -0.378 e. The Morgan fingerprint density at radius 3 is 2.46 bits per heavy atom. The molecule has 2 N–H and O–H groups in total. The molecule has 10 nitrogen and oxygen atoms in total. The number of aromatic nitrogens is 4. The maximum absolute atomic E-state index is 13.0. The fraction of sp³-hybridized carbons (Fsp3) is 0.208. The van der Waals surface area contributed by atoms with Crippen molar-refractivity contribution >= 4 is 33.5 Å². The summed E-state index contributed by atoms with van der Waals surface area (Å²) in [6.45, 7) is 2.11. The van der Waals surface area contributed by atoms with Crippen LogP contribution in [0.2, 0.25) is 0 Å². The fourth-order valence-electron chi connectivity index (χ4n) is 3.99. The molecule has 0 aliphatic carbocycles. The number of ether oxygens (including phenoxy) is 1. The largest absolute Gasteiger partial charge is 0.378 e. The van der Waals surface area contributed by atoms with Crippen LogP contribution in [0.4, 0.5) is 0 Å². The molecule has 11 heteroatoms. The Balaban J connectivity index is 1.55. The Morgan fingerprint density at radius 2 is 1.77 bits per heavy atom. The lowest BCUT2D eigenvalue weighted by Gasteiger charge is -2.26.